The molecule has 21 heavy (non-hydrogen) atoms. The van der Waals surface area contributed by atoms with Crippen molar-refractivity contribution in [1.29, 1.82) is 0 Å². The van der Waals surface area contributed by atoms with Crippen LogP contribution in [0.1, 0.15) is 0 Å². The van der Waals surface area contributed by atoms with Crippen molar-refractivity contribution < 1.29 is 4.79 Å². The SMILES string of the molecule is O=C(CSc1ncnc2sccc12)Nc1cccnc1Cl. The molecule has 0 aliphatic carbocycles. The van der Waals surface area contributed by atoms with Crippen LogP contribution in [0.15, 0.2) is 41.1 Å². The van der Waals surface area contributed by atoms with Gasteiger partial charge in [0.25, 0.3) is 0 Å². The minimum absolute atomic E-state index is 0.156. The maximum Gasteiger partial charge on any atom is 0.234 e. The summed E-state index contributed by atoms with van der Waals surface area (Å²) in [6, 6.07) is 5.38. The third-order valence-corrected chi connectivity index (χ3v) is 4.73. The lowest BCUT2D eigenvalue weighted by atomic mass is 10.4. The highest BCUT2D eigenvalue weighted by Crippen LogP contribution is 2.27. The first-order chi connectivity index (χ1) is 10.2. The molecule has 0 spiro atoms. The average Bonchev–Trinajstić information content (AvgIpc) is 2.96. The maximum atomic E-state index is 12.0. The number of anilines is 1. The Morgan fingerprint density at radius 1 is 1.33 bits per heavy atom. The van der Waals surface area contributed by atoms with Gasteiger partial charge in [0.1, 0.15) is 16.2 Å². The summed E-state index contributed by atoms with van der Waals surface area (Å²) >= 11 is 8.81. The second kappa shape index (κ2) is 6.38. The Labute approximate surface area is 133 Å². The molecule has 1 amide bonds. The summed E-state index contributed by atoms with van der Waals surface area (Å²) in [7, 11) is 0. The van der Waals surface area contributed by atoms with Gasteiger partial charge < -0.3 is 5.32 Å². The molecule has 0 fully saturated rings. The van der Waals surface area contributed by atoms with Crippen LogP contribution in [0.5, 0.6) is 0 Å². The zero-order chi connectivity index (χ0) is 14.7. The number of amides is 1. The van der Waals surface area contributed by atoms with Crippen LogP contribution in [-0.4, -0.2) is 26.6 Å². The van der Waals surface area contributed by atoms with Gasteiger partial charge >= 0.3 is 0 Å². The predicted octanol–water partition coefficient (Wildman–Crippen LogP) is 3.47. The Hall–Kier alpha value is -1.70. The number of fused-ring (bicyclic) bond motifs is 1. The molecule has 1 N–H and O–H groups in total. The van der Waals surface area contributed by atoms with E-state index in [0.29, 0.717) is 5.69 Å². The molecular formula is C13H9ClN4OS2. The van der Waals surface area contributed by atoms with E-state index in [0.717, 1.165) is 15.2 Å². The number of carbonyl (C=O) groups excluding carboxylic acids is 1. The van der Waals surface area contributed by atoms with Gasteiger partial charge in [-0.3, -0.25) is 4.79 Å². The van der Waals surface area contributed by atoms with Crippen LogP contribution in [0.2, 0.25) is 5.15 Å². The average molecular weight is 337 g/mol. The van der Waals surface area contributed by atoms with Crippen molar-refractivity contribution in [2.75, 3.05) is 11.1 Å². The molecule has 0 saturated heterocycles. The van der Waals surface area contributed by atoms with Gasteiger partial charge in [-0.25, -0.2) is 15.0 Å². The number of aromatic nitrogens is 3. The summed E-state index contributed by atoms with van der Waals surface area (Å²) in [5.74, 6) is 0.0876. The predicted molar refractivity (Wildman–Crippen MR) is 86.0 cm³/mol. The van der Waals surface area contributed by atoms with E-state index in [2.05, 4.69) is 20.3 Å². The lowest BCUT2D eigenvalue weighted by Gasteiger charge is -2.06. The number of rotatable bonds is 4. The highest BCUT2D eigenvalue weighted by atomic mass is 35.5. The highest BCUT2D eigenvalue weighted by molar-refractivity contribution is 8.00. The van der Waals surface area contributed by atoms with E-state index in [1.807, 2.05) is 11.4 Å². The molecule has 3 rings (SSSR count). The lowest BCUT2D eigenvalue weighted by molar-refractivity contribution is -0.113. The number of thiophene rings is 1. The Morgan fingerprint density at radius 2 is 2.24 bits per heavy atom. The van der Waals surface area contributed by atoms with Crippen LogP contribution in [-0.2, 0) is 4.79 Å². The number of pyridine rings is 1. The van der Waals surface area contributed by atoms with Crippen LogP contribution in [0.3, 0.4) is 0 Å². The van der Waals surface area contributed by atoms with Crippen molar-refractivity contribution in [3.05, 3.63) is 41.3 Å². The quantitative estimate of drug-likeness (QED) is 0.449. The molecule has 0 aromatic carbocycles. The minimum Gasteiger partial charge on any atom is -0.323 e. The van der Waals surface area contributed by atoms with Gasteiger partial charge in [0.2, 0.25) is 5.91 Å². The molecule has 3 aromatic rings. The number of thioether (sulfide) groups is 1. The van der Waals surface area contributed by atoms with E-state index in [1.54, 1.807) is 29.7 Å². The molecule has 8 heteroatoms. The van der Waals surface area contributed by atoms with Crippen LogP contribution in [0.25, 0.3) is 10.2 Å². The first kappa shape index (κ1) is 14.2. The van der Waals surface area contributed by atoms with E-state index in [-0.39, 0.29) is 16.8 Å². The Kier molecular flexibility index (Phi) is 4.33. The smallest absolute Gasteiger partial charge is 0.234 e. The number of carbonyl (C=O) groups is 1. The lowest BCUT2D eigenvalue weighted by Crippen LogP contribution is -2.14. The van der Waals surface area contributed by atoms with Crippen molar-refractivity contribution in [3.63, 3.8) is 0 Å². The summed E-state index contributed by atoms with van der Waals surface area (Å²) in [6.07, 6.45) is 3.08. The van der Waals surface area contributed by atoms with E-state index in [4.69, 9.17) is 11.6 Å². The highest BCUT2D eigenvalue weighted by Gasteiger charge is 2.10. The molecule has 0 aliphatic rings. The second-order valence-corrected chi connectivity index (χ2v) is 6.21. The molecule has 106 valence electrons. The van der Waals surface area contributed by atoms with Crippen LogP contribution in [0.4, 0.5) is 5.69 Å². The zero-order valence-electron chi connectivity index (χ0n) is 10.6. The van der Waals surface area contributed by atoms with Gasteiger partial charge in [0, 0.05) is 11.6 Å². The Balaban J connectivity index is 1.66. The zero-order valence-corrected chi connectivity index (χ0v) is 13.0. The first-order valence-electron chi connectivity index (χ1n) is 5.95. The van der Waals surface area contributed by atoms with Crippen LogP contribution >= 0.6 is 34.7 Å². The molecule has 0 bridgehead atoms. The topological polar surface area (TPSA) is 67.8 Å². The largest absolute Gasteiger partial charge is 0.323 e. The molecule has 3 heterocycles. The summed E-state index contributed by atoms with van der Waals surface area (Å²) in [5.41, 5.74) is 0.508. The van der Waals surface area contributed by atoms with Crippen LogP contribution in [0, 0.1) is 0 Å². The summed E-state index contributed by atoms with van der Waals surface area (Å²) in [5, 5.41) is 6.73. The fraction of sp³-hybridized carbons (Fsp3) is 0.0769. The summed E-state index contributed by atoms with van der Waals surface area (Å²) in [6.45, 7) is 0. The van der Waals surface area contributed by atoms with Gasteiger partial charge in [-0.2, -0.15) is 0 Å². The van der Waals surface area contributed by atoms with Gasteiger partial charge in [-0.05, 0) is 23.6 Å². The van der Waals surface area contributed by atoms with Gasteiger partial charge in [0.15, 0.2) is 5.15 Å². The fourth-order valence-corrected chi connectivity index (χ4v) is 3.43. The Bertz CT molecular complexity index is 792. The van der Waals surface area contributed by atoms with E-state index in [1.165, 1.54) is 18.1 Å². The van der Waals surface area contributed by atoms with E-state index < -0.39 is 0 Å². The van der Waals surface area contributed by atoms with Crippen molar-refractivity contribution in [2.45, 2.75) is 5.03 Å². The van der Waals surface area contributed by atoms with Crippen molar-refractivity contribution in [2.24, 2.45) is 0 Å². The number of halogens is 1. The molecule has 0 radical (unpaired) electrons. The standard InChI is InChI=1S/C13H9ClN4OS2/c14-11-9(2-1-4-15-11)18-10(19)6-21-13-8-3-5-20-12(8)16-7-17-13/h1-5,7H,6H2,(H,18,19). The third kappa shape index (κ3) is 3.31. The molecule has 0 saturated carbocycles. The molecular weight excluding hydrogens is 328 g/mol. The van der Waals surface area contributed by atoms with Gasteiger partial charge in [0.05, 0.1) is 11.4 Å². The first-order valence-corrected chi connectivity index (χ1v) is 8.20. The van der Waals surface area contributed by atoms with Crippen molar-refractivity contribution >= 4 is 56.5 Å². The molecule has 0 unspecified atom stereocenters. The Morgan fingerprint density at radius 3 is 3.10 bits per heavy atom. The maximum absolute atomic E-state index is 12.0. The van der Waals surface area contributed by atoms with Gasteiger partial charge in [-0.15, -0.1) is 11.3 Å². The minimum atomic E-state index is -0.156. The summed E-state index contributed by atoms with van der Waals surface area (Å²) < 4.78 is 0. The number of nitrogens with zero attached hydrogens (tertiary/aromatic N) is 3. The molecule has 3 aromatic heterocycles. The van der Waals surface area contributed by atoms with Crippen molar-refractivity contribution in [1.82, 2.24) is 15.0 Å². The number of nitrogens with one attached hydrogen (secondary N) is 1. The molecule has 0 atom stereocenters. The number of hydrogen-bond donors (Lipinski definition) is 1. The molecule has 5 nitrogen and oxygen atoms in total. The monoisotopic (exact) mass is 336 g/mol. The second-order valence-electron chi connectivity index (χ2n) is 4.00. The number of hydrogen-bond acceptors (Lipinski definition) is 6. The fourth-order valence-electron chi connectivity index (χ4n) is 1.68. The third-order valence-electron chi connectivity index (χ3n) is 2.60. The van der Waals surface area contributed by atoms with E-state index >= 15 is 0 Å². The van der Waals surface area contributed by atoms with Crippen LogP contribution < -0.4 is 5.32 Å². The van der Waals surface area contributed by atoms with Crippen molar-refractivity contribution in [3.8, 4) is 0 Å². The normalized spacial score (nSPS) is 10.7. The van der Waals surface area contributed by atoms with E-state index in [9.17, 15) is 4.79 Å². The molecule has 0 aliphatic heterocycles. The van der Waals surface area contributed by atoms with Gasteiger partial charge in [-0.1, -0.05) is 23.4 Å². The summed E-state index contributed by atoms with van der Waals surface area (Å²) in [4.78, 5) is 25.2.